The molecule has 0 bridgehead atoms. The summed E-state index contributed by atoms with van der Waals surface area (Å²) in [5, 5.41) is 0. The number of hydrogen-bond acceptors (Lipinski definition) is 8. The van der Waals surface area contributed by atoms with E-state index in [1.807, 2.05) is 243 Å². The van der Waals surface area contributed by atoms with Gasteiger partial charge in [0.05, 0.1) is 89.6 Å². The number of halogens is 4. The monoisotopic (exact) mass is 1210 g/mol. The third-order valence-corrected chi connectivity index (χ3v) is 16.7. The Balaban J connectivity index is 0.751. The Morgan fingerprint density at radius 2 is 0.462 bits per heavy atom. The number of fused-ring (bicyclic) bond motifs is 4. The number of benzene rings is 12. The van der Waals surface area contributed by atoms with Crippen LogP contribution >= 0.6 is 0 Å². The molecule has 8 nitrogen and oxygen atoms in total. The lowest BCUT2D eigenvalue weighted by Crippen LogP contribution is -2.05. The average Bonchev–Trinajstić information content (AvgIpc) is 0.885. The summed E-state index contributed by atoms with van der Waals surface area (Å²) in [4.78, 5) is 41.4. The smallest absolute Gasteiger partial charge is 0.244 e. The van der Waals surface area contributed by atoms with E-state index in [1.54, 1.807) is 24.3 Å². The van der Waals surface area contributed by atoms with Gasteiger partial charge in [-0.2, -0.15) is 13.2 Å². The normalized spacial score (nSPS) is 11.7. The predicted octanol–water partition coefficient (Wildman–Crippen LogP) is 21.0. The van der Waals surface area contributed by atoms with Crippen LogP contribution in [0.2, 0.25) is 0 Å². The highest BCUT2D eigenvalue weighted by Crippen LogP contribution is 2.41. The Kier molecular flexibility index (Phi) is 14.0. The Hall–Kier alpha value is -12.3. The minimum Gasteiger partial charge on any atom is -0.244 e. The molecule has 0 amide bonds. The van der Waals surface area contributed by atoms with E-state index in [0.29, 0.717) is 83.9 Å². The first-order valence-electron chi connectivity index (χ1n) is 30.2. The van der Waals surface area contributed by atoms with Gasteiger partial charge in [-0.25, -0.2) is 44.3 Å². The quantitative estimate of drug-likeness (QED) is 0.118. The summed E-state index contributed by atoms with van der Waals surface area (Å²) < 4.78 is 58.9. The van der Waals surface area contributed by atoms with Gasteiger partial charge in [-0.3, -0.25) is 0 Å². The molecule has 0 saturated carbocycles. The molecule has 0 N–H and O–H groups in total. The molecular formula is C81H48F4N8. The molecule has 0 atom stereocenters. The van der Waals surface area contributed by atoms with E-state index in [9.17, 15) is 13.2 Å². The molecular weight excluding hydrogens is 1160 g/mol. The summed E-state index contributed by atoms with van der Waals surface area (Å²) in [7, 11) is 0. The average molecular weight is 1210 g/mol. The first-order chi connectivity index (χ1) is 45.6. The van der Waals surface area contributed by atoms with Crippen molar-refractivity contribution in [3.05, 3.63) is 303 Å². The molecule has 0 radical (unpaired) electrons. The van der Waals surface area contributed by atoms with E-state index in [-0.39, 0.29) is 11.4 Å². The zero-order chi connectivity index (χ0) is 62.6. The van der Waals surface area contributed by atoms with Crippen LogP contribution in [0.1, 0.15) is 5.56 Å². The molecule has 0 saturated heterocycles. The summed E-state index contributed by atoms with van der Waals surface area (Å²) in [6.45, 7) is 0. The fourth-order valence-corrected chi connectivity index (χ4v) is 12.1. The Morgan fingerprint density at radius 1 is 0.194 bits per heavy atom. The molecule has 440 valence electrons. The van der Waals surface area contributed by atoms with Crippen molar-refractivity contribution in [2.45, 2.75) is 6.18 Å². The first-order valence-corrected chi connectivity index (χ1v) is 30.2. The van der Waals surface area contributed by atoms with Gasteiger partial charge in [-0.1, -0.05) is 212 Å². The van der Waals surface area contributed by atoms with Gasteiger partial charge in [-0.05, 0) is 112 Å². The van der Waals surface area contributed by atoms with Crippen LogP contribution < -0.4 is 0 Å². The van der Waals surface area contributed by atoms with Gasteiger partial charge < -0.3 is 0 Å². The second-order valence-corrected chi connectivity index (χ2v) is 22.7. The van der Waals surface area contributed by atoms with Crippen molar-refractivity contribution in [3.63, 3.8) is 0 Å². The maximum atomic E-state index is 15.5. The zero-order valence-electron chi connectivity index (χ0n) is 49.3. The molecule has 0 aliphatic carbocycles. The standard InChI is InChI=1S/C81H48F4N8/c82-64-30-14-13-29-63(64)80-77(53-23-11-4-12-24-53)88-68-42-38-59(48-72(68)93-80)57-36-40-66-70(46-57)91-76(74(87-66)51-19-7-2-8-20-51)54-33-31-49(32-34-54)55-25-15-26-60(43-55)78-79(61-27-16-28-62(44-61)81(83,84)85)92-71-47-58(37-41-67(71)89-78)56-35-39-65-69(45-56)90-75(52-21-9-3-10-22-52)73(86-65)50-17-5-1-6-18-50/h1-48H. The molecule has 12 aromatic carbocycles. The second-order valence-electron chi connectivity index (χ2n) is 22.7. The Labute approximate surface area is 531 Å². The van der Waals surface area contributed by atoms with Crippen LogP contribution in [0.25, 0.3) is 168 Å². The Bertz CT molecular complexity index is 5560. The fourth-order valence-electron chi connectivity index (χ4n) is 12.1. The van der Waals surface area contributed by atoms with E-state index in [2.05, 4.69) is 0 Å². The van der Waals surface area contributed by atoms with Crippen LogP contribution in [-0.2, 0) is 6.18 Å². The lowest BCUT2D eigenvalue weighted by molar-refractivity contribution is -0.137. The van der Waals surface area contributed by atoms with Crippen LogP contribution in [0, 0.1) is 5.82 Å². The van der Waals surface area contributed by atoms with Crippen LogP contribution in [0.4, 0.5) is 17.6 Å². The van der Waals surface area contributed by atoms with Gasteiger partial charge in [0.2, 0.25) is 0 Å². The third kappa shape index (κ3) is 10.8. The van der Waals surface area contributed by atoms with Crippen LogP contribution in [-0.4, -0.2) is 39.9 Å². The largest absolute Gasteiger partial charge is 0.416 e. The van der Waals surface area contributed by atoms with Crippen LogP contribution in [0.5, 0.6) is 0 Å². The number of nitrogens with zero attached hydrogens (tertiary/aromatic N) is 8. The van der Waals surface area contributed by atoms with Crippen molar-refractivity contribution < 1.29 is 17.6 Å². The third-order valence-electron chi connectivity index (χ3n) is 16.7. The van der Waals surface area contributed by atoms with Crippen LogP contribution in [0.15, 0.2) is 291 Å². The molecule has 0 unspecified atom stereocenters. The van der Waals surface area contributed by atoms with Crippen molar-refractivity contribution in [1.29, 1.82) is 0 Å². The highest BCUT2D eigenvalue weighted by Gasteiger charge is 2.31. The lowest BCUT2D eigenvalue weighted by Gasteiger charge is -2.15. The SMILES string of the molecule is Fc1ccccc1-c1nc2cc(-c3ccc4nc(-c5ccccc5)c(-c5ccc(-c6cccc(-c7nc8ccc(-c9ccc%10nc(-c%11ccccc%11)c(-c%11ccccc%11)nc%10c9)cc8nc7-c7cccc(C(F)(F)F)c7)c6)cc5)nc4c3)ccc2nc1-c1ccccc1. The van der Waals surface area contributed by atoms with Gasteiger partial charge in [0.1, 0.15) is 11.5 Å². The number of hydrogen-bond donors (Lipinski definition) is 0. The molecule has 12 heteroatoms. The minimum atomic E-state index is -4.59. The van der Waals surface area contributed by atoms with Crippen molar-refractivity contribution in [2.75, 3.05) is 0 Å². The van der Waals surface area contributed by atoms with E-state index in [4.69, 9.17) is 39.9 Å². The molecule has 16 rings (SSSR count). The Morgan fingerprint density at radius 3 is 0.860 bits per heavy atom. The molecule has 16 aromatic rings. The highest BCUT2D eigenvalue weighted by atomic mass is 19.4. The van der Waals surface area contributed by atoms with Crippen molar-refractivity contribution in [1.82, 2.24) is 39.9 Å². The van der Waals surface area contributed by atoms with Crippen molar-refractivity contribution in [2.24, 2.45) is 0 Å². The summed E-state index contributed by atoms with van der Waals surface area (Å²) in [6, 6.07) is 91.2. The van der Waals surface area contributed by atoms with Crippen LogP contribution in [0.3, 0.4) is 0 Å². The molecule has 0 aliphatic rings. The summed E-state index contributed by atoms with van der Waals surface area (Å²) in [5.74, 6) is -0.384. The maximum absolute atomic E-state index is 15.5. The summed E-state index contributed by atoms with van der Waals surface area (Å²) >= 11 is 0. The number of aromatic nitrogens is 8. The molecule has 0 aliphatic heterocycles. The topological polar surface area (TPSA) is 103 Å². The molecule has 93 heavy (non-hydrogen) atoms. The fraction of sp³-hybridized carbons (Fsp3) is 0.0123. The van der Waals surface area contributed by atoms with Crippen molar-refractivity contribution in [3.8, 4) is 123 Å². The van der Waals surface area contributed by atoms with Gasteiger partial charge >= 0.3 is 6.18 Å². The highest BCUT2D eigenvalue weighted by molar-refractivity contribution is 5.95. The van der Waals surface area contributed by atoms with Gasteiger partial charge in [-0.15, -0.1) is 0 Å². The van der Waals surface area contributed by atoms with Gasteiger partial charge in [0.15, 0.2) is 0 Å². The molecule has 0 fully saturated rings. The van der Waals surface area contributed by atoms with E-state index in [1.165, 1.54) is 12.1 Å². The van der Waals surface area contributed by atoms with Gasteiger partial charge in [0, 0.05) is 44.5 Å². The first kappa shape index (κ1) is 56.0. The maximum Gasteiger partial charge on any atom is 0.416 e. The number of rotatable bonds is 11. The van der Waals surface area contributed by atoms with Gasteiger partial charge in [0.25, 0.3) is 0 Å². The van der Waals surface area contributed by atoms with E-state index in [0.717, 1.165) is 90.2 Å². The molecule has 4 heterocycles. The molecule has 0 spiro atoms. The zero-order valence-corrected chi connectivity index (χ0v) is 49.3. The molecule has 4 aromatic heterocycles. The van der Waals surface area contributed by atoms with E-state index >= 15 is 4.39 Å². The summed E-state index contributed by atoms with van der Waals surface area (Å²) in [6.07, 6.45) is -4.59. The minimum absolute atomic E-state index is 0.273. The van der Waals surface area contributed by atoms with Crippen molar-refractivity contribution >= 4 is 44.1 Å². The predicted molar refractivity (Wildman–Crippen MR) is 364 cm³/mol. The van der Waals surface area contributed by atoms with E-state index < -0.39 is 11.7 Å². The lowest BCUT2D eigenvalue weighted by atomic mass is 9.96. The second kappa shape index (κ2) is 23.3. The summed E-state index contributed by atoms with van der Waals surface area (Å²) in [5.41, 5.74) is 20.1. The number of alkyl halides is 3.